The number of hydrogen-bond donors (Lipinski definition) is 0. The van der Waals surface area contributed by atoms with Crippen molar-refractivity contribution >= 4 is 53.4 Å². The molecule has 3 nitrogen and oxygen atoms in total. The van der Waals surface area contributed by atoms with Gasteiger partial charge in [0.25, 0.3) is 0 Å². The Hall–Kier alpha value is -4.02. The van der Waals surface area contributed by atoms with Gasteiger partial charge in [-0.2, -0.15) is 0 Å². The van der Waals surface area contributed by atoms with Gasteiger partial charge < -0.3 is 0 Å². The van der Waals surface area contributed by atoms with Crippen LogP contribution in [-0.2, 0) is 0 Å². The van der Waals surface area contributed by atoms with Crippen molar-refractivity contribution in [1.82, 2.24) is 14.5 Å². The van der Waals surface area contributed by atoms with Crippen LogP contribution in [0.4, 0.5) is 0 Å². The van der Waals surface area contributed by atoms with Gasteiger partial charge >= 0.3 is 0 Å². The SMILES string of the molecule is c1ccc(-c2cccc(-n3c4ccccc4c4c5sc6ccccc6c5cnc43)n2)cc1. The normalized spacial score (nSPS) is 11.8. The van der Waals surface area contributed by atoms with Crippen LogP contribution in [-0.4, -0.2) is 14.5 Å². The van der Waals surface area contributed by atoms with E-state index in [0.29, 0.717) is 0 Å². The van der Waals surface area contributed by atoms with Gasteiger partial charge in [-0.15, -0.1) is 11.3 Å². The lowest BCUT2D eigenvalue weighted by molar-refractivity contribution is 1.06. The van der Waals surface area contributed by atoms with Crippen LogP contribution in [0.1, 0.15) is 0 Å². The molecular weight excluding hydrogens is 410 g/mol. The van der Waals surface area contributed by atoms with Crippen LogP contribution in [0.2, 0.25) is 0 Å². The number of pyridine rings is 2. The fraction of sp³-hybridized carbons (Fsp3) is 0. The summed E-state index contributed by atoms with van der Waals surface area (Å²) in [6.45, 7) is 0. The van der Waals surface area contributed by atoms with E-state index in [0.717, 1.165) is 28.2 Å². The van der Waals surface area contributed by atoms with E-state index in [1.165, 1.54) is 30.9 Å². The molecule has 7 aromatic rings. The maximum atomic E-state index is 5.03. The van der Waals surface area contributed by atoms with Gasteiger partial charge in [0.05, 0.1) is 11.2 Å². The van der Waals surface area contributed by atoms with Crippen molar-refractivity contribution in [3.05, 3.63) is 103 Å². The van der Waals surface area contributed by atoms with E-state index in [1.54, 1.807) is 0 Å². The first-order valence-corrected chi connectivity index (χ1v) is 11.4. The molecule has 4 heterocycles. The van der Waals surface area contributed by atoms with Gasteiger partial charge in [-0.25, -0.2) is 9.97 Å². The number of nitrogens with zero attached hydrogens (tertiary/aromatic N) is 3. The van der Waals surface area contributed by atoms with Crippen LogP contribution >= 0.6 is 11.3 Å². The first-order valence-electron chi connectivity index (χ1n) is 10.6. The monoisotopic (exact) mass is 427 g/mol. The van der Waals surface area contributed by atoms with Crippen LogP contribution in [0, 0.1) is 0 Å². The highest BCUT2D eigenvalue weighted by Gasteiger charge is 2.19. The lowest BCUT2D eigenvalue weighted by atomic mass is 10.1. The molecule has 0 spiro atoms. The number of para-hydroxylation sites is 1. The number of hydrogen-bond acceptors (Lipinski definition) is 3. The zero-order chi connectivity index (χ0) is 21.1. The highest BCUT2D eigenvalue weighted by atomic mass is 32.1. The second-order valence-corrected chi connectivity index (χ2v) is 8.95. The molecule has 7 rings (SSSR count). The van der Waals surface area contributed by atoms with Gasteiger partial charge in [0, 0.05) is 42.7 Å². The average molecular weight is 428 g/mol. The summed E-state index contributed by atoms with van der Waals surface area (Å²) in [6.07, 6.45) is 2.02. The average Bonchev–Trinajstić information content (AvgIpc) is 3.40. The molecule has 0 unspecified atom stereocenters. The van der Waals surface area contributed by atoms with Gasteiger partial charge in [0.2, 0.25) is 0 Å². The van der Waals surface area contributed by atoms with E-state index in [9.17, 15) is 0 Å². The predicted octanol–water partition coefficient (Wildman–Crippen LogP) is 7.61. The number of aromatic nitrogens is 3. The topological polar surface area (TPSA) is 30.7 Å². The minimum atomic E-state index is 0.880. The van der Waals surface area contributed by atoms with Gasteiger partial charge in [0.15, 0.2) is 0 Å². The molecule has 0 N–H and O–H groups in total. The fourth-order valence-corrected chi connectivity index (χ4v) is 5.86. The predicted molar refractivity (Wildman–Crippen MR) is 135 cm³/mol. The summed E-state index contributed by atoms with van der Waals surface area (Å²) in [6, 6.07) is 33.6. The number of rotatable bonds is 2. The van der Waals surface area contributed by atoms with Crippen LogP contribution in [0.15, 0.2) is 103 Å². The third-order valence-corrected chi connectivity index (χ3v) is 7.26. The van der Waals surface area contributed by atoms with Gasteiger partial charge in [-0.3, -0.25) is 4.57 Å². The molecule has 3 aromatic carbocycles. The Labute approximate surface area is 188 Å². The summed E-state index contributed by atoms with van der Waals surface area (Å²) in [5.74, 6) is 0.880. The van der Waals surface area contributed by atoms with Gasteiger partial charge in [-0.1, -0.05) is 72.8 Å². The highest BCUT2D eigenvalue weighted by molar-refractivity contribution is 7.26. The molecule has 0 aliphatic carbocycles. The van der Waals surface area contributed by atoms with Crippen molar-refractivity contribution in [3.63, 3.8) is 0 Å². The van der Waals surface area contributed by atoms with E-state index in [-0.39, 0.29) is 0 Å². The maximum absolute atomic E-state index is 5.03. The molecule has 150 valence electrons. The molecule has 32 heavy (non-hydrogen) atoms. The summed E-state index contributed by atoms with van der Waals surface area (Å²) in [7, 11) is 0. The van der Waals surface area contributed by atoms with Crippen molar-refractivity contribution in [2.45, 2.75) is 0 Å². The standard InChI is InChI=1S/C28H17N3S/c1-2-9-18(10-3-1)22-13-8-16-25(30-22)31-23-14-6-4-12-20(23)26-27-21(17-29-28(26)31)19-11-5-7-15-24(19)32-27/h1-17H. The second-order valence-electron chi connectivity index (χ2n) is 7.90. The molecule has 0 radical (unpaired) electrons. The van der Waals surface area contributed by atoms with Crippen molar-refractivity contribution in [2.24, 2.45) is 0 Å². The quantitative estimate of drug-likeness (QED) is 0.284. The van der Waals surface area contributed by atoms with Crippen molar-refractivity contribution < 1.29 is 0 Å². The van der Waals surface area contributed by atoms with Crippen LogP contribution in [0.3, 0.4) is 0 Å². The molecule has 0 aliphatic heterocycles. The summed E-state index contributed by atoms with van der Waals surface area (Å²) in [5.41, 5.74) is 4.13. The van der Waals surface area contributed by atoms with Gasteiger partial charge in [-0.05, 0) is 24.3 Å². The third kappa shape index (κ3) is 2.47. The first kappa shape index (κ1) is 17.6. The molecule has 4 heteroatoms. The zero-order valence-corrected chi connectivity index (χ0v) is 17.9. The molecule has 0 atom stereocenters. The first-order chi connectivity index (χ1) is 15.9. The molecule has 4 aromatic heterocycles. The largest absolute Gasteiger partial charge is 0.278 e. The van der Waals surface area contributed by atoms with Gasteiger partial charge in [0.1, 0.15) is 11.5 Å². The van der Waals surface area contributed by atoms with Crippen molar-refractivity contribution in [3.8, 4) is 17.1 Å². The van der Waals surface area contributed by atoms with E-state index in [2.05, 4.69) is 83.4 Å². The van der Waals surface area contributed by atoms with E-state index >= 15 is 0 Å². The second kappa shape index (κ2) is 6.74. The van der Waals surface area contributed by atoms with Crippen LogP contribution in [0.5, 0.6) is 0 Å². The molecule has 0 amide bonds. The lowest BCUT2D eigenvalue weighted by Gasteiger charge is -2.08. The fourth-order valence-electron chi connectivity index (χ4n) is 4.63. The summed E-state index contributed by atoms with van der Waals surface area (Å²) in [5, 5.41) is 4.89. The Morgan fingerprint density at radius 2 is 1.44 bits per heavy atom. The Morgan fingerprint density at radius 1 is 0.656 bits per heavy atom. The number of fused-ring (bicyclic) bond motifs is 7. The Morgan fingerprint density at radius 3 is 2.34 bits per heavy atom. The maximum Gasteiger partial charge on any atom is 0.148 e. The van der Waals surface area contributed by atoms with Crippen LogP contribution < -0.4 is 0 Å². The van der Waals surface area contributed by atoms with E-state index < -0.39 is 0 Å². The van der Waals surface area contributed by atoms with Crippen LogP contribution in [0.25, 0.3) is 59.2 Å². The summed E-state index contributed by atoms with van der Waals surface area (Å²) >= 11 is 1.84. The Bertz CT molecular complexity index is 1780. The Kier molecular flexibility index (Phi) is 3.72. The zero-order valence-electron chi connectivity index (χ0n) is 17.1. The summed E-state index contributed by atoms with van der Waals surface area (Å²) in [4.78, 5) is 10.0. The molecular formula is C28H17N3S. The van der Waals surface area contributed by atoms with E-state index in [4.69, 9.17) is 9.97 Å². The molecule has 0 bridgehead atoms. The minimum Gasteiger partial charge on any atom is -0.278 e. The Balaban J connectivity index is 1.59. The number of benzene rings is 3. The van der Waals surface area contributed by atoms with Crippen molar-refractivity contribution in [1.29, 1.82) is 0 Å². The summed E-state index contributed by atoms with van der Waals surface area (Å²) < 4.78 is 4.77. The molecule has 0 saturated carbocycles. The number of thiophene rings is 1. The van der Waals surface area contributed by atoms with E-state index in [1.807, 2.05) is 35.7 Å². The molecule has 0 fully saturated rings. The molecule has 0 saturated heterocycles. The molecule has 0 aliphatic rings. The highest BCUT2D eigenvalue weighted by Crippen LogP contribution is 2.41. The lowest BCUT2D eigenvalue weighted by Crippen LogP contribution is -1.99. The minimum absolute atomic E-state index is 0.880. The smallest absolute Gasteiger partial charge is 0.148 e. The van der Waals surface area contributed by atoms with Crippen molar-refractivity contribution in [2.75, 3.05) is 0 Å². The third-order valence-electron chi connectivity index (χ3n) is 6.06.